The molecule has 1 N–H and O–H groups in total. The van der Waals surface area contributed by atoms with Gasteiger partial charge < -0.3 is 5.11 Å². The second kappa shape index (κ2) is 7.96. The Morgan fingerprint density at radius 2 is 1.80 bits per heavy atom. The number of nitrogens with zero attached hydrogens (tertiary/aromatic N) is 3. The molecular formula is C13H22N3O3S+. The molecule has 1 aliphatic heterocycles. The quantitative estimate of drug-likeness (QED) is 0.309. The van der Waals surface area contributed by atoms with E-state index in [1.165, 1.54) is 33.7 Å². The molecule has 4 amide bonds. The van der Waals surface area contributed by atoms with Crippen LogP contribution in [0.4, 0.5) is 9.59 Å². The van der Waals surface area contributed by atoms with Crippen LogP contribution >= 0.6 is 0 Å². The molecule has 0 bridgehead atoms. The highest BCUT2D eigenvalue weighted by Crippen LogP contribution is 2.18. The van der Waals surface area contributed by atoms with E-state index < -0.39 is 18.4 Å². The molecule has 1 rings (SSSR count). The van der Waals surface area contributed by atoms with Crippen LogP contribution in [0.25, 0.3) is 0 Å². The van der Waals surface area contributed by atoms with Crippen molar-refractivity contribution in [2.45, 2.75) is 12.8 Å². The lowest BCUT2D eigenvalue weighted by Gasteiger charge is -2.44. The van der Waals surface area contributed by atoms with Gasteiger partial charge in [-0.05, 0) is 11.8 Å². The lowest BCUT2D eigenvalue weighted by Crippen LogP contribution is -2.66. The minimum absolute atomic E-state index is 0.126. The molecule has 1 aliphatic rings. The zero-order valence-corrected chi connectivity index (χ0v) is 12.6. The zero-order valence-electron chi connectivity index (χ0n) is 11.7. The summed E-state index contributed by atoms with van der Waals surface area (Å²) in [5.41, 5.74) is 0. The largest absolute Gasteiger partial charge is 0.356 e. The number of hydrogen-bond donors (Lipinski definition) is 1. The molecule has 6 nitrogen and oxygen atoms in total. The second-order valence-corrected chi connectivity index (χ2v) is 5.42. The van der Waals surface area contributed by atoms with Gasteiger partial charge in [-0.25, -0.2) is 14.5 Å². The Morgan fingerprint density at radius 1 is 1.20 bits per heavy atom. The van der Waals surface area contributed by atoms with Gasteiger partial charge in [-0.3, -0.25) is 9.80 Å². The summed E-state index contributed by atoms with van der Waals surface area (Å²) in [7, 11) is 0. The molecule has 0 spiro atoms. The van der Waals surface area contributed by atoms with Crippen LogP contribution in [0.1, 0.15) is 6.42 Å². The Morgan fingerprint density at radius 3 is 2.35 bits per heavy atom. The molecule has 7 heteroatoms. The highest BCUT2D eigenvalue weighted by atomic mass is 32.2. The highest BCUT2D eigenvalue weighted by molar-refractivity contribution is 7.77. The molecule has 112 valence electrons. The molecule has 1 atom stereocenters. The molecule has 1 unspecified atom stereocenters. The molecule has 0 aromatic rings. The van der Waals surface area contributed by atoms with Crippen molar-refractivity contribution in [3.05, 3.63) is 25.3 Å². The van der Waals surface area contributed by atoms with E-state index in [9.17, 15) is 14.7 Å². The number of rotatable bonds is 8. The zero-order chi connectivity index (χ0) is 15.1. The van der Waals surface area contributed by atoms with Crippen molar-refractivity contribution in [1.82, 2.24) is 14.7 Å². The molecule has 0 aromatic carbocycles. The number of urea groups is 2. The predicted octanol–water partition coefficient (Wildman–Crippen LogP) is 0.629. The number of carbonyl (C=O) groups is 2. The van der Waals surface area contributed by atoms with E-state index in [0.29, 0.717) is 6.54 Å². The van der Waals surface area contributed by atoms with Gasteiger partial charge in [0.15, 0.2) is 0 Å². The van der Waals surface area contributed by atoms with Crippen LogP contribution in [0.3, 0.4) is 0 Å². The Labute approximate surface area is 123 Å². The van der Waals surface area contributed by atoms with Gasteiger partial charge in [0, 0.05) is 19.5 Å². The summed E-state index contributed by atoms with van der Waals surface area (Å²) in [5.74, 6) is 0.938. The molecule has 1 saturated heterocycles. The molecule has 1 fully saturated rings. The van der Waals surface area contributed by atoms with E-state index in [4.69, 9.17) is 0 Å². The number of hydrogen-bond acceptors (Lipinski definition) is 3. The number of aliphatic hydroxyl groups excluding tert-OH is 1. The summed E-state index contributed by atoms with van der Waals surface area (Å²) < 4.78 is 0. The van der Waals surface area contributed by atoms with Crippen LogP contribution in [0.2, 0.25) is 0 Å². The topological polar surface area (TPSA) is 64.1 Å². The molecule has 0 saturated carbocycles. The van der Waals surface area contributed by atoms with Crippen molar-refractivity contribution in [1.29, 1.82) is 0 Å². The average Bonchev–Trinajstić information content (AvgIpc) is 2.43. The van der Waals surface area contributed by atoms with Crippen LogP contribution in [-0.2, 0) is 11.8 Å². The lowest BCUT2D eigenvalue weighted by molar-refractivity contribution is -0.0875. The predicted molar refractivity (Wildman–Crippen MR) is 81.5 cm³/mol. The maximum atomic E-state index is 12.2. The Bertz CT molecular complexity index is 389. The van der Waals surface area contributed by atoms with Gasteiger partial charge in [0.05, 0.1) is 12.8 Å². The third kappa shape index (κ3) is 3.55. The summed E-state index contributed by atoms with van der Waals surface area (Å²) >= 11 is 1.23. The normalized spacial score (nSPS) is 19.5. The van der Waals surface area contributed by atoms with Crippen molar-refractivity contribution in [2.75, 3.05) is 31.6 Å². The van der Waals surface area contributed by atoms with Crippen molar-refractivity contribution in [3.63, 3.8) is 0 Å². The first-order chi connectivity index (χ1) is 9.58. The minimum atomic E-state index is -1.23. The van der Waals surface area contributed by atoms with Crippen molar-refractivity contribution in [2.24, 2.45) is 0 Å². The van der Waals surface area contributed by atoms with Crippen LogP contribution in [0, 0.1) is 0 Å². The van der Waals surface area contributed by atoms with Gasteiger partial charge in [-0.15, -0.1) is 13.2 Å². The molecule has 0 aromatic heterocycles. The number of amides is 4. The highest BCUT2D eigenvalue weighted by Gasteiger charge is 2.42. The molecule has 0 radical (unpaired) electrons. The number of carbonyl (C=O) groups excluding carboxylic acids is 2. The van der Waals surface area contributed by atoms with Crippen molar-refractivity contribution < 1.29 is 14.7 Å². The van der Waals surface area contributed by atoms with E-state index in [1.807, 2.05) is 6.26 Å². The smallest absolute Gasteiger partial charge is 0.332 e. The summed E-state index contributed by atoms with van der Waals surface area (Å²) in [6.07, 6.45) is 4.58. The first kappa shape index (κ1) is 16.6. The van der Waals surface area contributed by atoms with Gasteiger partial charge in [-0.2, -0.15) is 0 Å². The third-order valence-corrected chi connectivity index (χ3v) is 3.69. The second-order valence-electron chi connectivity index (χ2n) is 4.34. The first-order valence-corrected chi connectivity index (χ1v) is 7.95. The van der Waals surface area contributed by atoms with E-state index >= 15 is 0 Å². The summed E-state index contributed by atoms with van der Waals surface area (Å²) in [6.45, 7) is 7.83. The fraction of sp³-hybridized carbons (Fsp3) is 0.538. The fourth-order valence-corrected chi connectivity index (χ4v) is 2.42. The van der Waals surface area contributed by atoms with E-state index in [1.54, 1.807) is 0 Å². The summed E-state index contributed by atoms with van der Waals surface area (Å²) in [4.78, 5) is 28.0. The summed E-state index contributed by atoms with van der Waals surface area (Å²) in [5, 5.41) is 10.2. The number of imide groups is 1. The van der Waals surface area contributed by atoms with Gasteiger partial charge in [0.1, 0.15) is 5.75 Å². The fourth-order valence-electron chi connectivity index (χ4n) is 1.96. The van der Waals surface area contributed by atoms with Crippen LogP contribution in [-0.4, -0.2) is 69.9 Å². The third-order valence-electron chi connectivity index (χ3n) is 2.93. The van der Waals surface area contributed by atoms with Gasteiger partial charge >= 0.3 is 12.1 Å². The number of aliphatic hydroxyl groups is 1. The average molecular weight is 300 g/mol. The van der Waals surface area contributed by atoms with Crippen molar-refractivity contribution in [3.8, 4) is 0 Å². The van der Waals surface area contributed by atoms with Crippen molar-refractivity contribution >= 4 is 23.8 Å². The van der Waals surface area contributed by atoms with Gasteiger partial charge in [0.25, 0.3) is 0 Å². The number of thiol groups is 1. The van der Waals surface area contributed by atoms with E-state index in [0.717, 1.165) is 17.1 Å². The molecule has 20 heavy (non-hydrogen) atoms. The molecule has 1 heterocycles. The minimum Gasteiger partial charge on any atom is -0.356 e. The molecule has 0 aliphatic carbocycles. The Balaban J connectivity index is 2.90. The lowest BCUT2D eigenvalue weighted by atomic mass is 10.3. The van der Waals surface area contributed by atoms with Gasteiger partial charge in [-0.1, -0.05) is 12.2 Å². The van der Waals surface area contributed by atoms with Crippen LogP contribution in [0.15, 0.2) is 25.3 Å². The SMILES string of the molecule is C=CCN1C(=O)N(CC=C)C(O)N(CCC[SH+]C)C1=O. The van der Waals surface area contributed by atoms with E-state index in [-0.39, 0.29) is 13.1 Å². The molecular weight excluding hydrogens is 278 g/mol. The summed E-state index contributed by atoms with van der Waals surface area (Å²) in [6, 6.07) is -0.998. The Hall–Kier alpha value is -1.47. The van der Waals surface area contributed by atoms with E-state index in [2.05, 4.69) is 13.2 Å². The standard InChI is InChI=1S/C13H21N3O3S/c1-4-7-14-11(17)15(8-5-2)13(19)16(12(14)18)9-6-10-20-3/h4-5,12,18H,1-2,6-10H2,3H3/p+1. The maximum Gasteiger partial charge on any atom is 0.332 e. The van der Waals surface area contributed by atoms with Crippen LogP contribution in [0.5, 0.6) is 0 Å². The monoisotopic (exact) mass is 300 g/mol. The Kier molecular flexibility index (Phi) is 6.60. The maximum absolute atomic E-state index is 12.2. The van der Waals surface area contributed by atoms with Gasteiger partial charge in [0.2, 0.25) is 6.35 Å². The van der Waals surface area contributed by atoms with Crippen LogP contribution < -0.4 is 0 Å². The first-order valence-electron chi connectivity index (χ1n) is 6.42.